The van der Waals surface area contributed by atoms with Crippen LogP contribution >= 0.6 is 0 Å². The molecule has 84 valence electrons. The van der Waals surface area contributed by atoms with E-state index in [0.717, 1.165) is 24.0 Å². The van der Waals surface area contributed by atoms with E-state index in [1.807, 2.05) is 13.0 Å². The molecule has 2 heteroatoms. The topological polar surface area (TPSA) is 25.2 Å². The predicted octanol–water partition coefficient (Wildman–Crippen LogP) is 3.26. The van der Waals surface area contributed by atoms with Gasteiger partial charge in [-0.1, -0.05) is 13.3 Å². The summed E-state index contributed by atoms with van der Waals surface area (Å²) in [6.07, 6.45) is 5.40. The second-order valence-electron chi connectivity index (χ2n) is 4.68. The Morgan fingerprint density at radius 2 is 2.27 bits per heavy atom. The van der Waals surface area contributed by atoms with Gasteiger partial charge in [-0.3, -0.25) is 0 Å². The maximum atomic E-state index is 5.53. The molecule has 2 rings (SSSR count). The lowest BCUT2D eigenvalue weighted by atomic mass is 10.1. The Balaban J connectivity index is 1.75. The van der Waals surface area contributed by atoms with Crippen LogP contribution in [0.5, 0.6) is 0 Å². The fourth-order valence-corrected chi connectivity index (χ4v) is 2.46. The molecule has 15 heavy (non-hydrogen) atoms. The number of nitrogens with one attached hydrogen (secondary N) is 1. The first-order chi connectivity index (χ1) is 7.28. The van der Waals surface area contributed by atoms with E-state index in [1.54, 1.807) is 0 Å². The molecule has 0 aliphatic heterocycles. The zero-order valence-corrected chi connectivity index (χ0v) is 9.75. The molecular formula is C13H21NO. The van der Waals surface area contributed by atoms with Crippen molar-refractivity contribution < 1.29 is 4.42 Å². The minimum absolute atomic E-state index is 0.709. The van der Waals surface area contributed by atoms with Gasteiger partial charge in [0.25, 0.3) is 0 Å². The first-order valence-electron chi connectivity index (χ1n) is 6.06. The van der Waals surface area contributed by atoms with Gasteiger partial charge in [0.2, 0.25) is 0 Å². The van der Waals surface area contributed by atoms with Gasteiger partial charge in [-0.25, -0.2) is 0 Å². The number of furan rings is 1. The molecule has 0 spiro atoms. The van der Waals surface area contributed by atoms with Gasteiger partial charge >= 0.3 is 0 Å². The lowest BCUT2D eigenvalue weighted by Crippen LogP contribution is -2.25. The number of rotatable bonds is 4. The van der Waals surface area contributed by atoms with Crippen molar-refractivity contribution >= 4 is 0 Å². The summed E-state index contributed by atoms with van der Waals surface area (Å²) >= 11 is 0. The van der Waals surface area contributed by atoms with Crippen LogP contribution in [-0.4, -0.2) is 6.04 Å². The third-order valence-corrected chi connectivity index (χ3v) is 3.48. The molecule has 0 aromatic carbocycles. The number of hydrogen-bond donors (Lipinski definition) is 1. The van der Waals surface area contributed by atoms with Gasteiger partial charge in [0.15, 0.2) is 0 Å². The molecule has 2 atom stereocenters. The molecular weight excluding hydrogens is 186 g/mol. The Bertz CT molecular complexity index is 305. The smallest absolute Gasteiger partial charge is 0.117 e. The summed E-state index contributed by atoms with van der Waals surface area (Å²) in [4.78, 5) is 0. The predicted molar refractivity (Wildman–Crippen MR) is 61.7 cm³/mol. The Morgan fingerprint density at radius 3 is 2.87 bits per heavy atom. The van der Waals surface area contributed by atoms with Crippen molar-refractivity contribution in [3.8, 4) is 0 Å². The maximum absolute atomic E-state index is 5.53. The van der Waals surface area contributed by atoms with Crippen LogP contribution in [0.1, 0.15) is 44.1 Å². The van der Waals surface area contributed by atoms with Crippen LogP contribution in [0.3, 0.4) is 0 Å². The highest BCUT2D eigenvalue weighted by Gasteiger charge is 2.22. The molecule has 1 aliphatic carbocycles. The quantitative estimate of drug-likeness (QED) is 0.819. The summed E-state index contributed by atoms with van der Waals surface area (Å²) in [7, 11) is 0. The van der Waals surface area contributed by atoms with Gasteiger partial charge in [-0.15, -0.1) is 0 Å². The van der Waals surface area contributed by atoms with Crippen molar-refractivity contribution in [2.45, 2.75) is 52.1 Å². The van der Waals surface area contributed by atoms with Crippen LogP contribution in [0.2, 0.25) is 0 Å². The monoisotopic (exact) mass is 207 g/mol. The Morgan fingerprint density at radius 1 is 1.40 bits per heavy atom. The zero-order chi connectivity index (χ0) is 10.7. The highest BCUT2D eigenvalue weighted by Crippen LogP contribution is 2.28. The van der Waals surface area contributed by atoms with E-state index in [9.17, 15) is 0 Å². The molecule has 0 bridgehead atoms. The minimum atomic E-state index is 0.709. The number of hydrogen-bond acceptors (Lipinski definition) is 2. The summed E-state index contributed by atoms with van der Waals surface area (Å²) in [5.74, 6) is 3.01. The molecule has 2 unspecified atom stereocenters. The van der Waals surface area contributed by atoms with Gasteiger partial charge in [-0.2, -0.15) is 0 Å². The van der Waals surface area contributed by atoms with E-state index < -0.39 is 0 Å². The average molecular weight is 207 g/mol. The lowest BCUT2D eigenvalue weighted by molar-refractivity contribution is 0.423. The van der Waals surface area contributed by atoms with Crippen molar-refractivity contribution in [3.05, 3.63) is 23.7 Å². The lowest BCUT2D eigenvalue weighted by Gasteiger charge is -2.11. The first kappa shape index (κ1) is 10.7. The molecule has 1 aromatic heterocycles. The van der Waals surface area contributed by atoms with Crippen molar-refractivity contribution in [1.29, 1.82) is 0 Å². The zero-order valence-electron chi connectivity index (χ0n) is 9.75. The number of aryl methyl sites for hydroxylation is 1. The third-order valence-electron chi connectivity index (χ3n) is 3.48. The molecule has 1 heterocycles. The summed E-state index contributed by atoms with van der Waals surface area (Å²) in [6, 6.07) is 4.80. The molecule has 0 radical (unpaired) electrons. The fraction of sp³-hybridized carbons (Fsp3) is 0.692. The van der Waals surface area contributed by atoms with E-state index in [4.69, 9.17) is 4.42 Å². The van der Waals surface area contributed by atoms with E-state index in [1.165, 1.54) is 25.7 Å². The van der Waals surface area contributed by atoms with Gasteiger partial charge < -0.3 is 9.73 Å². The van der Waals surface area contributed by atoms with Crippen molar-refractivity contribution in [2.24, 2.45) is 5.92 Å². The highest BCUT2D eigenvalue weighted by molar-refractivity contribution is 5.05. The SMILES string of the molecule is CCC1CCC(NCc2ccc(C)o2)C1. The van der Waals surface area contributed by atoms with Gasteiger partial charge in [0.1, 0.15) is 11.5 Å². The Labute approximate surface area is 92.1 Å². The van der Waals surface area contributed by atoms with Gasteiger partial charge in [-0.05, 0) is 44.2 Å². The third kappa shape index (κ3) is 2.85. The second-order valence-corrected chi connectivity index (χ2v) is 4.68. The average Bonchev–Trinajstić information content (AvgIpc) is 2.83. The molecule has 2 nitrogen and oxygen atoms in total. The second kappa shape index (κ2) is 4.84. The molecule has 0 saturated heterocycles. The van der Waals surface area contributed by atoms with E-state index in [0.29, 0.717) is 6.04 Å². The summed E-state index contributed by atoms with van der Waals surface area (Å²) < 4.78 is 5.53. The van der Waals surface area contributed by atoms with E-state index in [2.05, 4.69) is 18.3 Å². The van der Waals surface area contributed by atoms with Crippen LogP contribution in [0, 0.1) is 12.8 Å². The normalized spacial score (nSPS) is 26.0. The van der Waals surface area contributed by atoms with Crippen LogP contribution in [0.15, 0.2) is 16.5 Å². The van der Waals surface area contributed by atoms with Crippen molar-refractivity contribution in [1.82, 2.24) is 5.32 Å². The largest absolute Gasteiger partial charge is 0.465 e. The van der Waals surface area contributed by atoms with Crippen LogP contribution in [0.25, 0.3) is 0 Å². The Hall–Kier alpha value is -0.760. The summed E-state index contributed by atoms with van der Waals surface area (Å²) in [6.45, 7) is 5.17. The van der Waals surface area contributed by atoms with Gasteiger partial charge in [0, 0.05) is 6.04 Å². The standard InChI is InChI=1S/C13H21NO/c1-3-11-5-6-12(8-11)14-9-13-7-4-10(2)15-13/h4,7,11-12,14H,3,5-6,8-9H2,1-2H3. The summed E-state index contributed by atoms with van der Waals surface area (Å²) in [5.41, 5.74) is 0. The molecule has 1 saturated carbocycles. The maximum Gasteiger partial charge on any atom is 0.117 e. The summed E-state index contributed by atoms with van der Waals surface area (Å²) in [5, 5.41) is 3.58. The van der Waals surface area contributed by atoms with E-state index >= 15 is 0 Å². The molecule has 1 aromatic rings. The highest BCUT2D eigenvalue weighted by atomic mass is 16.3. The molecule has 1 N–H and O–H groups in total. The van der Waals surface area contributed by atoms with Crippen LogP contribution in [0.4, 0.5) is 0 Å². The van der Waals surface area contributed by atoms with Gasteiger partial charge in [0.05, 0.1) is 6.54 Å². The minimum Gasteiger partial charge on any atom is -0.465 e. The fourth-order valence-electron chi connectivity index (χ4n) is 2.46. The first-order valence-corrected chi connectivity index (χ1v) is 6.06. The molecule has 0 amide bonds. The molecule has 1 fully saturated rings. The van der Waals surface area contributed by atoms with Crippen LogP contribution in [-0.2, 0) is 6.54 Å². The van der Waals surface area contributed by atoms with Crippen molar-refractivity contribution in [2.75, 3.05) is 0 Å². The Kier molecular flexibility index (Phi) is 3.47. The van der Waals surface area contributed by atoms with Crippen molar-refractivity contribution in [3.63, 3.8) is 0 Å². The van der Waals surface area contributed by atoms with E-state index in [-0.39, 0.29) is 0 Å². The molecule has 1 aliphatic rings. The van der Waals surface area contributed by atoms with Crippen LogP contribution < -0.4 is 5.32 Å².